The Labute approximate surface area is 115 Å². The highest BCUT2D eigenvalue weighted by molar-refractivity contribution is 6.34. The summed E-state index contributed by atoms with van der Waals surface area (Å²) in [5.74, 6) is -0.614. The second-order valence-corrected chi connectivity index (χ2v) is 4.49. The van der Waals surface area contributed by atoms with Gasteiger partial charge >= 0.3 is 0 Å². The van der Waals surface area contributed by atoms with Crippen LogP contribution in [0.3, 0.4) is 0 Å². The molecule has 0 atom stereocenters. The Balaban J connectivity index is 1.99. The lowest BCUT2D eigenvalue weighted by Crippen LogP contribution is -2.29. The number of hydrogen-bond acceptors (Lipinski definition) is 3. The van der Waals surface area contributed by atoms with Crippen molar-refractivity contribution in [1.29, 1.82) is 5.26 Å². The molecular weight excluding hydrogens is 252 g/mol. The number of rotatable bonds is 2. The highest BCUT2D eigenvalue weighted by atomic mass is 16.2. The molecule has 0 radical (unpaired) electrons. The molecule has 0 fully saturated rings. The van der Waals surface area contributed by atoms with Gasteiger partial charge in [0.15, 0.2) is 0 Å². The van der Waals surface area contributed by atoms with Crippen molar-refractivity contribution >= 4 is 17.5 Å². The van der Waals surface area contributed by atoms with Crippen molar-refractivity contribution in [3.63, 3.8) is 0 Å². The lowest BCUT2D eigenvalue weighted by molar-refractivity contribution is 0.0926. The quantitative estimate of drug-likeness (QED) is 0.781. The van der Waals surface area contributed by atoms with Crippen molar-refractivity contribution in [2.75, 3.05) is 4.90 Å². The van der Waals surface area contributed by atoms with E-state index in [0.29, 0.717) is 23.2 Å². The second-order valence-electron chi connectivity index (χ2n) is 4.49. The lowest BCUT2D eigenvalue weighted by Gasteiger charge is -2.13. The molecule has 0 unspecified atom stereocenters. The first-order valence-electron chi connectivity index (χ1n) is 6.16. The fourth-order valence-electron chi connectivity index (χ4n) is 2.28. The highest BCUT2D eigenvalue weighted by Crippen LogP contribution is 2.28. The predicted molar refractivity (Wildman–Crippen MR) is 73.3 cm³/mol. The van der Waals surface area contributed by atoms with Crippen LogP contribution in [0.4, 0.5) is 5.69 Å². The highest BCUT2D eigenvalue weighted by Gasteiger charge is 2.36. The molecule has 0 bridgehead atoms. The van der Waals surface area contributed by atoms with Crippen LogP contribution < -0.4 is 4.90 Å². The zero-order valence-corrected chi connectivity index (χ0v) is 10.5. The summed E-state index contributed by atoms with van der Waals surface area (Å²) in [5.41, 5.74) is 2.24. The Morgan fingerprint density at radius 3 is 1.95 bits per heavy atom. The van der Waals surface area contributed by atoms with Crippen molar-refractivity contribution < 1.29 is 9.59 Å². The molecule has 3 rings (SSSR count). The number of nitrogens with zero attached hydrogens (tertiary/aromatic N) is 2. The van der Waals surface area contributed by atoms with Crippen LogP contribution in [-0.2, 0) is 6.42 Å². The van der Waals surface area contributed by atoms with E-state index in [2.05, 4.69) is 6.07 Å². The van der Waals surface area contributed by atoms with Crippen molar-refractivity contribution in [3.8, 4) is 6.07 Å². The number of nitriles is 1. The number of imide groups is 1. The normalized spacial score (nSPS) is 13.2. The van der Waals surface area contributed by atoms with E-state index < -0.39 is 0 Å². The second kappa shape index (κ2) is 4.63. The molecule has 1 heterocycles. The molecule has 4 nitrogen and oxygen atoms in total. The van der Waals surface area contributed by atoms with Crippen molar-refractivity contribution in [1.82, 2.24) is 0 Å². The average Bonchev–Trinajstić information content (AvgIpc) is 2.73. The Morgan fingerprint density at radius 1 is 0.900 bits per heavy atom. The van der Waals surface area contributed by atoms with Crippen LogP contribution >= 0.6 is 0 Å². The van der Waals surface area contributed by atoms with Gasteiger partial charge in [-0.3, -0.25) is 9.59 Å². The lowest BCUT2D eigenvalue weighted by atomic mass is 10.1. The first kappa shape index (κ1) is 12.1. The molecule has 0 saturated carbocycles. The molecule has 0 spiro atoms. The Bertz CT molecular complexity index is 707. The molecule has 20 heavy (non-hydrogen) atoms. The van der Waals surface area contributed by atoms with E-state index in [1.807, 2.05) is 0 Å². The minimum atomic E-state index is -0.307. The minimum absolute atomic E-state index is 0.307. The van der Waals surface area contributed by atoms with Gasteiger partial charge in [0.1, 0.15) is 0 Å². The predicted octanol–water partition coefficient (Wildman–Crippen LogP) is 2.55. The van der Waals surface area contributed by atoms with Crippen LogP contribution in [0.1, 0.15) is 26.3 Å². The maximum atomic E-state index is 12.3. The number of carbonyl (C=O) groups is 2. The van der Waals surface area contributed by atoms with Gasteiger partial charge in [0.05, 0.1) is 29.3 Å². The summed E-state index contributed by atoms with van der Waals surface area (Å²) in [6.45, 7) is 0. The third kappa shape index (κ3) is 1.77. The van der Waals surface area contributed by atoms with Gasteiger partial charge in [0, 0.05) is 0 Å². The van der Waals surface area contributed by atoms with Crippen molar-refractivity contribution in [2.45, 2.75) is 6.42 Å². The molecular formula is C16H10N2O2. The first-order valence-corrected chi connectivity index (χ1v) is 6.16. The molecule has 1 aliphatic heterocycles. The number of carbonyl (C=O) groups excluding carboxylic acids is 2. The fraction of sp³-hybridized carbons (Fsp3) is 0.0625. The monoisotopic (exact) mass is 262 g/mol. The zero-order chi connectivity index (χ0) is 14.1. The number of hydrogen-bond donors (Lipinski definition) is 0. The minimum Gasteiger partial charge on any atom is -0.268 e. The van der Waals surface area contributed by atoms with Crippen LogP contribution in [-0.4, -0.2) is 11.8 Å². The maximum Gasteiger partial charge on any atom is 0.266 e. The standard InChI is InChI=1S/C16H10N2O2/c17-10-9-11-5-7-12(8-6-11)18-15(19)13-3-1-2-4-14(13)16(18)20/h1-8H,9H2. The van der Waals surface area contributed by atoms with Crippen LogP contribution in [0.25, 0.3) is 0 Å². The Hall–Kier alpha value is -2.93. The van der Waals surface area contributed by atoms with Crippen molar-refractivity contribution in [3.05, 3.63) is 65.2 Å². The number of benzene rings is 2. The molecule has 0 saturated heterocycles. The largest absolute Gasteiger partial charge is 0.268 e. The molecule has 2 aromatic carbocycles. The topological polar surface area (TPSA) is 61.2 Å². The molecule has 0 N–H and O–H groups in total. The summed E-state index contributed by atoms with van der Waals surface area (Å²) >= 11 is 0. The maximum absolute atomic E-state index is 12.3. The first-order chi connectivity index (χ1) is 9.72. The van der Waals surface area contributed by atoms with Gasteiger partial charge in [-0.1, -0.05) is 24.3 Å². The summed E-state index contributed by atoms with van der Waals surface area (Å²) in [7, 11) is 0. The van der Waals surface area contributed by atoms with E-state index in [1.165, 1.54) is 4.90 Å². The van der Waals surface area contributed by atoms with E-state index in [4.69, 9.17) is 5.26 Å². The SMILES string of the molecule is N#CCc1ccc(N2C(=O)c3ccccc3C2=O)cc1. The van der Waals surface area contributed by atoms with Crippen LogP contribution in [0.2, 0.25) is 0 Å². The van der Waals surface area contributed by atoms with Gasteiger partial charge in [0.2, 0.25) is 0 Å². The summed E-state index contributed by atoms with van der Waals surface area (Å²) in [5, 5.41) is 8.63. The van der Waals surface area contributed by atoms with Gasteiger partial charge in [-0.05, 0) is 29.8 Å². The van der Waals surface area contributed by atoms with E-state index in [9.17, 15) is 9.59 Å². The van der Waals surface area contributed by atoms with Crippen LogP contribution in [0.15, 0.2) is 48.5 Å². The van der Waals surface area contributed by atoms with Gasteiger partial charge in [-0.25, -0.2) is 4.90 Å². The van der Waals surface area contributed by atoms with Gasteiger partial charge in [-0.2, -0.15) is 5.26 Å². The Morgan fingerprint density at radius 2 is 1.45 bits per heavy atom. The smallest absolute Gasteiger partial charge is 0.266 e. The Kier molecular flexibility index (Phi) is 2.81. The molecule has 0 aliphatic carbocycles. The van der Waals surface area contributed by atoms with Gasteiger partial charge in [0.25, 0.3) is 11.8 Å². The average molecular weight is 262 g/mol. The summed E-state index contributed by atoms with van der Waals surface area (Å²) in [6, 6.07) is 15.7. The van der Waals surface area contributed by atoms with Crippen LogP contribution in [0, 0.1) is 11.3 Å². The zero-order valence-electron chi connectivity index (χ0n) is 10.5. The molecule has 1 aliphatic rings. The summed E-state index contributed by atoms with van der Waals surface area (Å²) in [6.07, 6.45) is 0.308. The van der Waals surface area contributed by atoms with Gasteiger partial charge < -0.3 is 0 Å². The van der Waals surface area contributed by atoms with Gasteiger partial charge in [-0.15, -0.1) is 0 Å². The molecule has 96 valence electrons. The van der Waals surface area contributed by atoms with Crippen molar-refractivity contribution in [2.24, 2.45) is 0 Å². The summed E-state index contributed by atoms with van der Waals surface area (Å²) < 4.78 is 0. The molecule has 2 aromatic rings. The summed E-state index contributed by atoms with van der Waals surface area (Å²) in [4.78, 5) is 25.7. The fourth-order valence-corrected chi connectivity index (χ4v) is 2.28. The number of amides is 2. The number of fused-ring (bicyclic) bond motifs is 1. The van der Waals surface area contributed by atoms with E-state index in [1.54, 1.807) is 48.5 Å². The van der Waals surface area contributed by atoms with Crippen LogP contribution in [0.5, 0.6) is 0 Å². The molecule has 2 amide bonds. The molecule has 0 aromatic heterocycles. The third-order valence-corrected chi connectivity index (χ3v) is 3.27. The number of anilines is 1. The third-order valence-electron chi connectivity index (χ3n) is 3.27. The molecule has 4 heteroatoms. The van der Waals surface area contributed by atoms with E-state index in [-0.39, 0.29) is 11.8 Å². The van der Waals surface area contributed by atoms with E-state index in [0.717, 1.165) is 5.56 Å². The van der Waals surface area contributed by atoms with E-state index >= 15 is 0 Å².